The Labute approximate surface area is 118 Å². The molecule has 0 fully saturated rings. The first kappa shape index (κ1) is 13.6. The molecule has 0 aliphatic rings. The molecule has 1 amide bonds. The Hall–Kier alpha value is -1.85. The molecular formula is C13H10ClNO3S. The van der Waals surface area contributed by atoms with Crippen LogP contribution in [-0.4, -0.2) is 17.0 Å². The molecule has 0 saturated heterocycles. The SMILES string of the molecule is Cc1ccc(C(=O)Nc2ccc(Cl)c(C(=O)O)c2)s1. The number of amides is 1. The number of halogens is 1. The van der Waals surface area contributed by atoms with Crippen molar-refractivity contribution < 1.29 is 14.7 Å². The number of benzene rings is 1. The first-order valence-corrected chi connectivity index (χ1v) is 6.57. The van der Waals surface area contributed by atoms with Crippen LogP contribution in [0.4, 0.5) is 5.69 Å². The van der Waals surface area contributed by atoms with E-state index in [1.54, 1.807) is 12.1 Å². The van der Waals surface area contributed by atoms with E-state index in [4.69, 9.17) is 16.7 Å². The third-order valence-electron chi connectivity index (χ3n) is 2.42. The Morgan fingerprint density at radius 1 is 1.26 bits per heavy atom. The first-order valence-electron chi connectivity index (χ1n) is 5.38. The summed E-state index contributed by atoms with van der Waals surface area (Å²) in [6.45, 7) is 1.91. The van der Waals surface area contributed by atoms with E-state index < -0.39 is 5.97 Å². The number of hydrogen-bond donors (Lipinski definition) is 2. The number of carbonyl (C=O) groups excluding carboxylic acids is 1. The fraction of sp³-hybridized carbons (Fsp3) is 0.0769. The fourth-order valence-corrected chi connectivity index (χ4v) is 2.48. The van der Waals surface area contributed by atoms with Gasteiger partial charge in [0, 0.05) is 10.6 Å². The summed E-state index contributed by atoms with van der Waals surface area (Å²) in [5.41, 5.74) is 0.361. The highest BCUT2D eigenvalue weighted by molar-refractivity contribution is 7.14. The molecule has 1 aromatic heterocycles. The summed E-state index contributed by atoms with van der Waals surface area (Å²) in [6.07, 6.45) is 0. The van der Waals surface area contributed by atoms with Crippen LogP contribution in [0.1, 0.15) is 24.9 Å². The summed E-state index contributed by atoms with van der Waals surface area (Å²) in [6, 6.07) is 7.92. The van der Waals surface area contributed by atoms with Crippen molar-refractivity contribution in [3.63, 3.8) is 0 Å². The van der Waals surface area contributed by atoms with Gasteiger partial charge in [0.15, 0.2) is 0 Å². The molecule has 19 heavy (non-hydrogen) atoms. The van der Waals surface area contributed by atoms with Gasteiger partial charge < -0.3 is 10.4 Å². The lowest BCUT2D eigenvalue weighted by molar-refractivity contribution is 0.0696. The Kier molecular flexibility index (Phi) is 3.87. The molecule has 2 aromatic rings. The third kappa shape index (κ3) is 3.13. The molecule has 0 saturated carbocycles. The summed E-state index contributed by atoms with van der Waals surface area (Å²) in [7, 11) is 0. The summed E-state index contributed by atoms with van der Waals surface area (Å²) in [5, 5.41) is 11.7. The molecule has 0 bridgehead atoms. The topological polar surface area (TPSA) is 66.4 Å². The smallest absolute Gasteiger partial charge is 0.337 e. The van der Waals surface area contributed by atoms with Crippen LogP contribution in [0, 0.1) is 6.92 Å². The van der Waals surface area contributed by atoms with Gasteiger partial charge in [-0.2, -0.15) is 0 Å². The molecule has 0 atom stereocenters. The van der Waals surface area contributed by atoms with E-state index in [1.807, 2.05) is 13.0 Å². The molecule has 4 nitrogen and oxygen atoms in total. The molecule has 6 heteroatoms. The Morgan fingerprint density at radius 3 is 2.58 bits per heavy atom. The zero-order valence-electron chi connectivity index (χ0n) is 9.94. The van der Waals surface area contributed by atoms with Crippen LogP contribution in [-0.2, 0) is 0 Å². The average Bonchev–Trinajstić information content (AvgIpc) is 2.78. The third-order valence-corrected chi connectivity index (χ3v) is 3.75. The lowest BCUT2D eigenvalue weighted by atomic mass is 10.2. The first-order chi connectivity index (χ1) is 8.97. The van der Waals surface area contributed by atoms with Gasteiger partial charge in [0.05, 0.1) is 15.5 Å². The maximum atomic E-state index is 11.9. The molecule has 0 aliphatic heterocycles. The molecule has 0 spiro atoms. The Bertz CT molecular complexity index is 651. The molecule has 0 radical (unpaired) electrons. The molecule has 2 rings (SSSR count). The summed E-state index contributed by atoms with van der Waals surface area (Å²) in [4.78, 5) is 24.5. The number of hydrogen-bond acceptors (Lipinski definition) is 3. The average molecular weight is 296 g/mol. The number of nitrogens with one attached hydrogen (secondary N) is 1. The van der Waals surface area contributed by atoms with Crippen molar-refractivity contribution in [3.05, 3.63) is 50.7 Å². The molecule has 98 valence electrons. The molecule has 1 aromatic carbocycles. The Balaban J connectivity index is 2.22. The molecule has 0 unspecified atom stereocenters. The molecule has 2 N–H and O–H groups in total. The number of carbonyl (C=O) groups is 2. The van der Waals surface area contributed by atoms with Crippen LogP contribution in [0.25, 0.3) is 0 Å². The lowest BCUT2D eigenvalue weighted by Gasteiger charge is -2.06. The second-order valence-corrected chi connectivity index (χ2v) is 5.56. The van der Waals surface area contributed by atoms with E-state index >= 15 is 0 Å². The van der Waals surface area contributed by atoms with Gasteiger partial charge >= 0.3 is 5.97 Å². The van der Waals surface area contributed by atoms with E-state index in [1.165, 1.54) is 23.5 Å². The molecule has 0 aliphatic carbocycles. The maximum absolute atomic E-state index is 11.9. The maximum Gasteiger partial charge on any atom is 0.337 e. The zero-order chi connectivity index (χ0) is 14.0. The number of carboxylic acids is 1. The number of rotatable bonds is 3. The summed E-state index contributed by atoms with van der Waals surface area (Å²) >= 11 is 7.13. The van der Waals surface area contributed by atoms with Crippen molar-refractivity contribution in [1.82, 2.24) is 0 Å². The highest BCUT2D eigenvalue weighted by Crippen LogP contribution is 2.22. The highest BCUT2D eigenvalue weighted by Gasteiger charge is 2.12. The quantitative estimate of drug-likeness (QED) is 0.908. The van der Waals surface area contributed by atoms with Gasteiger partial charge in [-0.1, -0.05) is 11.6 Å². The van der Waals surface area contributed by atoms with Crippen molar-refractivity contribution in [3.8, 4) is 0 Å². The van der Waals surface area contributed by atoms with E-state index in [0.717, 1.165) is 4.88 Å². The monoisotopic (exact) mass is 295 g/mol. The number of aromatic carboxylic acids is 1. The van der Waals surface area contributed by atoms with Gasteiger partial charge in [0.1, 0.15) is 0 Å². The zero-order valence-corrected chi connectivity index (χ0v) is 11.5. The van der Waals surface area contributed by atoms with Crippen molar-refractivity contribution in [1.29, 1.82) is 0 Å². The van der Waals surface area contributed by atoms with Gasteiger partial charge in [0.25, 0.3) is 5.91 Å². The minimum absolute atomic E-state index is 0.0400. The molecule has 1 heterocycles. The second kappa shape index (κ2) is 5.42. The van der Waals surface area contributed by atoms with Crippen LogP contribution in [0.5, 0.6) is 0 Å². The van der Waals surface area contributed by atoms with Crippen LogP contribution in [0.2, 0.25) is 5.02 Å². The van der Waals surface area contributed by atoms with Crippen molar-refractivity contribution in [2.45, 2.75) is 6.92 Å². The van der Waals surface area contributed by atoms with Gasteiger partial charge in [-0.3, -0.25) is 4.79 Å². The van der Waals surface area contributed by atoms with Gasteiger partial charge in [-0.15, -0.1) is 11.3 Å². The number of aryl methyl sites for hydroxylation is 1. The normalized spacial score (nSPS) is 10.2. The van der Waals surface area contributed by atoms with Crippen LogP contribution >= 0.6 is 22.9 Å². The lowest BCUT2D eigenvalue weighted by Crippen LogP contribution is -2.11. The van der Waals surface area contributed by atoms with Gasteiger partial charge in [-0.25, -0.2) is 4.79 Å². The predicted molar refractivity (Wildman–Crippen MR) is 75.4 cm³/mol. The number of thiophene rings is 1. The predicted octanol–water partition coefficient (Wildman–Crippen LogP) is 3.66. The van der Waals surface area contributed by atoms with Gasteiger partial charge in [-0.05, 0) is 37.3 Å². The van der Waals surface area contributed by atoms with Crippen molar-refractivity contribution in [2.75, 3.05) is 5.32 Å². The standard InChI is InChI=1S/C13H10ClNO3S/c1-7-2-5-11(19-7)12(16)15-8-3-4-10(14)9(6-8)13(17)18/h2-6H,1H3,(H,15,16)(H,17,18). The fourth-order valence-electron chi connectivity index (χ4n) is 1.52. The largest absolute Gasteiger partial charge is 0.478 e. The Morgan fingerprint density at radius 2 is 2.00 bits per heavy atom. The van der Waals surface area contributed by atoms with Crippen LogP contribution < -0.4 is 5.32 Å². The van der Waals surface area contributed by atoms with Crippen LogP contribution in [0.3, 0.4) is 0 Å². The van der Waals surface area contributed by atoms with E-state index in [9.17, 15) is 9.59 Å². The minimum atomic E-state index is -1.13. The summed E-state index contributed by atoms with van der Waals surface area (Å²) in [5.74, 6) is -1.40. The van der Waals surface area contributed by atoms with E-state index in [0.29, 0.717) is 10.6 Å². The second-order valence-electron chi connectivity index (χ2n) is 3.86. The van der Waals surface area contributed by atoms with E-state index in [-0.39, 0.29) is 16.5 Å². The number of carboxylic acid groups (broad SMARTS) is 1. The van der Waals surface area contributed by atoms with Crippen molar-refractivity contribution >= 4 is 40.5 Å². The van der Waals surface area contributed by atoms with Crippen LogP contribution in [0.15, 0.2) is 30.3 Å². The van der Waals surface area contributed by atoms with E-state index in [2.05, 4.69) is 5.32 Å². The number of anilines is 1. The van der Waals surface area contributed by atoms with Gasteiger partial charge in [0.2, 0.25) is 0 Å². The minimum Gasteiger partial charge on any atom is -0.478 e. The highest BCUT2D eigenvalue weighted by atomic mass is 35.5. The summed E-state index contributed by atoms with van der Waals surface area (Å²) < 4.78 is 0. The molecular weight excluding hydrogens is 286 g/mol. The van der Waals surface area contributed by atoms with Crippen molar-refractivity contribution in [2.24, 2.45) is 0 Å².